The Hall–Kier alpha value is -0.850. The molecule has 1 amide bonds. The highest BCUT2D eigenvalue weighted by molar-refractivity contribution is 5.85. The van der Waals surface area contributed by atoms with Gasteiger partial charge in [0.2, 0.25) is 5.91 Å². The molecule has 5 nitrogen and oxygen atoms in total. The van der Waals surface area contributed by atoms with Crippen molar-refractivity contribution in [2.45, 2.75) is 50.4 Å². The maximum atomic E-state index is 12.9. The van der Waals surface area contributed by atoms with Gasteiger partial charge in [-0.1, -0.05) is 30.3 Å². The Kier molecular flexibility index (Phi) is 8.83. The predicted molar refractivity (Wildman–Crippen MR) is 112 cm³/mol. The van der Waals surface area contributed by atoms with Gasteiger partial charge in [0.1, 0.15) is 0 Å². The summed E-state index contributed by atoms with van der Waals surface area (Å²) in [6.07, 6.45) is 3.96. The molecule has 2 bridgehead atoms. The van der Waals surface area contributed by atoms with E-state index < -0.39 is 0 Å². The SMILES string of the molecule is Cl.Cl.O=C(CC1CN(Cc2ccccc2)CCO1)N1C2CCNCC1CC2. The van der Waals surface area contributed by atoms with Crippen LogP contribution in [0.5, 0.6) is 0 Å². The third kappa shape index (κ3) is 5.58. The molecule has 3 atom stereocenters. The Morgan fingerprint density at radius 1 is 1.11 bits per heavy atom. The summed E-state index contributed by atoms with van der Waals surface area (Å²) in [5, 5.41) is 3.47. The van der Waals surface area contributed by atoms with Gasteiger partial charge in [0, 0.05) is 38.3 Å². The summed E-state index contributed by atoms with van der Waals surface area (Å²) in [4.78, 5) is 17.5. The van der Waals surface area contributed by atoms with Crippen LogP contribution in [0.15, 0.2) is 30.3 Å². The molecule has 4 rings (SSSR count). The van der Waals surface area contributed by atoms with Crippen LogP contribution >= 0.6 is 24.8 Å². The lowest BCUT2D eigenvalue weighted by Crippen LogP contribution is -2.47. The van der Waals surface area contributed by atoms with Gasteiger partial charge in [-0.3, -0.25) is 9.69 Å². The van der Waals surface area contributed by atoms with Gasteiger partial charge in [0.05, 0.1) is 19.1 Å². The van der Waals surface area contributed by atoms with Crippen LogP contribution < -0.4 is 5.32 Å². The number of amides is 1. The molecule has 3 saturated heterocycles. The maximum Gasteiger partial charge on any atom is 0.225 e. The number of nitrogens with one attached hydrogen (secondary N) is 1. The van der Waals surface area contributed by atoms with E-state index >= 15 is 0 Å². The minimum absolute atomic E-state index is 0. The molecule has 1 aromatic carbocycles. The van der Waals surface area contributed by atoms with Gasteiger partial charge >= 0.3 is 0 Å². The van der Waals surface area contributed by atoms with Gasteiger partial charge in [0.25, 0.3) is 0 Å². The normalized spacial score (nSPS) is 28.0. The van der Waals surface area contributed by atoms with Crippen molar-refractivity contribution < 1.29 is 9.53 Å². The smallest absolute Gasteiger partial charge is 0.225 e. The molecular weight excluding hydrogens is 385 g/mol. The lowest BCUT2D eigenvalue weighted by atomic mass is 10.1. The van der Waals surface area contributed by atoms with Crippen molar-refractivity contribution in [3.63, 3.8) is 0 Å². The summed E-state index contributed by atoms with van der Waals surface area (Å²) in [7, 11) is 0. The van der Waals surface area contributed by atoms with Crippen LogP contribution in [-0.2, 0) is 16.1 Å². The maximum absolute atomic E-state index is 12.9. The van der Waals surface area contributed by atoms with Gasteiger partial charge in [-0.05, 0) is 31.4 Å². The molecular formula is C20H31Cl2N3O2. The number of carbonyl (C=O) groups excluding carboxylic acids is 1. The summed E-state index contributed by atoms with van der Waals surface area (Å²) < 4.78 is 5.92. The lowest BCUT2D eigenvalue weighted by molar-refractivity contribution is -0.138. The zero-order valence-corrected chi connectivity index (χ0v) is 17.4. The molecule has 152 valence electrons. The highest BCUT2D eigenvalue weighted by Crippen LogP contribution is 2.29. The van der Waals surface area contributed by atoms with Gasteiger partial charge in [-0.15, -0.1) is 24.8 Å². The van der Waals surface area contributed by atoms with Crippen molar-refractivity contribution in [1.82, 2.24) is 15.1 Å². The Labute approximate surface area is 174 Å². The molecule has 7 heteroatoms. The van der Waals surface area contributed by atoms with E-state index in [0.29, 0.717) is 24.4 Å². The van der Waals surface area contributed by atoms with Crippen molar-refractivity contribution in [2.75, 3.05) is 32.8 Å². The fourth-order valence-corrected chi connectivity index (χ4v) is 4.58. The van der Waals surface area contributed by atoms with Crippen LogP contribution in [0.25, 0.3) is 0 Å². The van der Waals surface area contributed by atoms with Crippen molar-refractivity contribution >= 4 is 30.7 Å². The highest BCUT2D eigenvalue weighted by Gasteiger charge is 2.38. The number of benzene rings is 1. The predicted octanol–water partition coefficient (Wildman–Crippen LogP) is 2.47. The zero-order chi connectivity index (χ0) is 17.1. The summed E-state index contributed by atoms with van der Waals surface area (Å²) in [6, 6.07) is 11.4. The molecule has 0 radical (unpaired) electrons. The molecule has 0 aromatic heterocycles. The van der Waals surface area contributed by atoms with Gasteiger partial charge in [-0.2, -0.15) is 0 Å². The van der Waals surface area contributed by atoms with Crippen LogP contribution in [0, 0.1) is 0 Å². The highest BCUT2D eigenvalue weighted by atomic mass is 35.5. The molecule has 3 heterocycles. The molecule has 0 aliphatic carbocycles. The summed E-state index contributed by atoms with van der Waals surface area (Å²) in [5.41, 5.74) is 1.33. The number of nitrogens with zero attached hydrogens (tertiary/aromatic N) is 2. The molecule has 1 aromatic rings. The van der Waals surface area contributed by atoms with Gasteiger partial charge in [0.15, 0.2) is 0 Å². The first kappa shape index (κ1) is 22.4. The Morgan fingerprint density at radius 2 is 1.89 bits per heavy atom. The number of ether oxygens (including phenoxy) is 1. The second-order valence-electron chi connectivity index (χ2n) is 7.60. The van der Waals surface area contributed by atoms with Gasteiger partial charge in [-0.25, -0.2) is 0 Å². The molecule has 3 aliphatic rings. The van der Waals surface area contributed by atoms with E-state index in [1.165, 1.54) is 12.0 Å². The summed E-state index contributed by atoms with van der Waals surface area (Å²) in [5.74, 6) is 0.294. The van der Waals surface area contributed by atoms with Crippen LogP contribution in [0.3, 0.4) is 0 Å². The van der Waals surface area contributed by atoms with E-state index in [0.717, 1.165) is 52.2 Å². The topological polar surface area (TPSA) is 44.8 Å². The first-order chi connectivity index (χ1) is 12.3. The fourth-order valence-electron chi connectivity index (χ4n) is 4.58. The first-order valence-corrected chi connectivity index (χ1v) is 9.69. The number of carbonyl (C=O) groups is 1. The first-order valence-electron chi connectivity index (χ1n) is 9.69. The Morgan fingerprint density at radius 3 is 2.70 bits per heavy atom. The van der Waals surface area contributed by atoms with Crippen molar-refractivity contribution in [3.8, 4) is 0 Å². The third-order valence-electron chi connectivity index (χ3n) is 5.82. The standard InChI is InChI=1S/C20H29N3O2.2ClH/c24-20(23-17-6-7-18(23)13-21-9-8-17)12-19-15-22(10-11-25-19)14-16-4-2-1-3-5-16;;/h1-5,17-19,21H,6-15H2;2*1H. The fraction of sp³-hybridized carbons (Fsp3) is 0.650. The molecule has 3 fully saturated rings. The molecule has 27 heavy (non-hydrogen) atoms. The number of hydrogen-bond donors (Lipinski definition) is 1. The lowest BCUT2D eigenvalue weighted by Gasteiger charge is -2.35. The van der Waals surface area contributed by atoms with Crippen LogP contribution in [0.4, 0.5) is 0 Å². The van der Waals surface area contributed by atoms with Crippen molar-refractivity contribution in [3.05, 3.63) is 35.9 Å². The van der Waals surface area contributed by atoms with Crippen LogP contribution in [0.1, 0.15) is 31.2 Å². The van der Waals surface area contributed by atoms with E-state index in [4.69, 9.17) is 4.74 Å². The molecule has 1 N–H and O–H groups in total. The van der Waals surface area contributed by atoms with Crippen molar-refractivity contribution in [2.24, 2.45) is 0 Å². The zero-order valence-electron chi connectivity index (χ0n) is 15.7. The van der Waals surface area contributed by atoms with Crippen molar-refractivity contribution in [1.29, 1.82) is 0 Å². The van der Waals surface area contributed by atoms with Crippen LogP contribution in [0.2, 0.25) is 0 Å². The van der Waals surface area contributed by atoms with E-state index in [-0.39, 0.29) is 30.9 Å². The Bertz CT molecular complexity index is 576. The number of rotatable bonds is 4. The quantitative estimate of drug-likeness (QED) is 0.819. The van der Waals surface area contributed by atoms with Crippen LogP contribution in [-0.4, -0.2) is 66.7 Å². The molecule has 0 saturated carbocycles. The van der Waals surface area contributed by atoms with E-state index in [1.807, 2.05) is 0 Å². The van der Waals surface area contributed by atoms with E-state index in [9.17, 15) is 4.79 Å². The van der Waals surface area contributed by atoms with E-state index in [2.05, 4.69) is 45.4 Å². The summed E-state index contributed by atoms with van der Waals surface area (Å²) >= 11 is 0. The average Bonchev–Trinajstić information content (AvgIpc) is 2.89. The average molecular weight is 416 g/mol. The summed E-state index contributed by atoms with van der Waals surface area (Å²) in [6.45, 7) is 5.44. The Balaban J connectivity index is 0.00000131. The number of halogens is 2. The third-order valence-corrected chi connectivity index (χ3v) is 5.82. The second kappa shape index (κ2) is 10.6. The second-order valence-corrected chi connectivity index (χ2v) is 7.60. The molecule has 0 spiro atoms. The largest absolute Gasteiger partial charge is 0.375 e. The minimum Gasteiger partial charge on any atom is -0.375 e. The molecule has 3 aliphatic heterocycles. The number of hydrogen-bond acceptors (Lipinski definition) is 4. The number of fused-ring (bicyclic) bond motifs is 2. The van der Waals surface area contributed by atoms with Gasteiger partial charge < -0.3 is 15.0 Å². The number of morpholine rings is 1. The minimum atomic E-state index is 0. The monoisotopic (exact) mass is 415 g/mol. The molecule has 3 unspecified atom stereocenters. The van der Waals surface area contributed by atoms with E-state index in [1.54, 1.807) is 0 Å².